The Morgan fingerprint density at radius 2 is 0.703 bits per heavy atom. The molecule has 0 bridgehead atoms. The third-order valence-electron chi connectivity index (χ3n) is 13.4. The quantitative estimate of drug-likeness (QED) is 0.127. The molecule has 0 unspecified atom stereocenters. The van der Waals surface area contributed by atoms with Crippen molar-refractivity contribution in [1.29, 1.82) is 0 Å². The number of aryl methyl sites for hydroxylation is 2. The molecule has 0 saturated carbocycles. The number of hydrogen-bond donors (Lipinski definition) is 0. The summed E-state index contributed by atoms with van der Waals surface area (Å²) < 4.78 is 0. The van der Waals surface area contributed by atoms with E-state index in [1.165, 1.54) is 111 Å². The van der Waals surface area contributed by atoms with Crippen LogP contribution < -0.4 is 9.80 Å². The number of hydrogen-bond acceptors (Lipinski definition) is 2. The summed E-state index contributed by atoms with van der Waals surface area (Å²) in [5.41, 5.74) is 19.7. The molecule has 0 atom stereocenters. The van der Waals surface area contributed by atoms with E-state index in [0.29, 0.717) is 0 Å². The normalized spacial score (nSPS) is 11.7. The van der Waals surface area contributed by atoms with Crippen LogP contribution in [0.2, 0.25) is 0 Å². The molecule has 0 aliphatic rings. The number of nitrogens with zero attached hydrogens (tertiary/aromatic N) is 2. The van der Waals surface area contributed by atoms with Gasteiger partial charge in [-0.3, -0.25) is 0 Å². The largest absolute Gasteiger partial charge is 0.310 e. The van der Waals surface area contributed by atoms with Crippen LogP contribution in [-0.2, 0) is 0 Å². The minimum Gasteiger partial charge on any atom is -0.310 e. The first-order chi connectivity index (χ1) is 31.1. The molecule has 0 spiro atoms. The van der Waals surface area contributed by atoms with Gasteiger partial charge < -0.3 is 9.80 Å². The summed E-state index contributed by atoms with van der Waals surface area (Å²) in [4.78, 5) is 5.07. The monoisotopic (exact) mass is 828 g/mol. The second kappa shape index (κ2) is 16.5. The molecule has 10 rings (SSSR count). The highest BCUT2D eigenvalue weighted by Gasteiger charge is 2.27. The maximum atomic E-state index is 2.54. The van der Waals surface area contributed by atoms with Crippen LogP contribution in [0.25, 0.3) is 54.6 Å². The molecule has 0 aromatic heterocycles. The molecule has 0 amide bonds. The average molecular weight is 829 g/mol. The maximum absolute atomic E-state index is 2.54. The van der Waals surface area contributed by atoms with Gasteiger partial charge in [0, 0.05) is 33.5 Å². The summed E-state index contributed by atoms with van der Waals surface area (Å²) in [7, 11) is 0. The summed E-state index contributed by atoms with van der Waals surface area (Å²) in [6, 6.07) is 67.9. The Labute approximate surface area is 379 Å². The highest BCUT2D eigenvalue weighted by Crippen LogP contribution is 2.52. The first-order valence-corrected chi connectivity index (χ1v) is 22.9. The van der Waals surface area contributed by atoms with Crippen LogP contribution in [0.1, 0.15) is 72.9 Å². The van der Waals surface area contributed by atoms with Crippen molar-refractivity contribution in [3.8, 4) is 22.3 Å². The van der Waals surface area contributed by atoms with Gasteiger partial charge in [-0.1, -0.05) is 161 Å². The van der Waals surface area contributed by atoms with E-state index in [4.69, 9.17) is 0 Å². The molecule has 2 nitrogen and oxygen atoms in total. The van der Waals surface area contributed by atoms with Crippen LogP contribution in [0, 0.1) is 27.7 Å². The fourth-order valence-corrected chi connectivity index (χ4v) is 10.3. The zero-order valence-electron chi connectivity index (χ0n) is 38.4. The second-order valence-corrected chi connectivity index (χ2v) is 18.3. The summed E-state index contributed by atoms with van der Waals surface area (Å²) >= 11 is 0. The highest BCUT2D eigenvalue weighted by molar-refractivity contribution is 6.29. The lowest BCUT2D eigenvalue weighted by Gasteiger charge is -2.33. The summed E-state index contributed by atoms with van der Waals surface area (Å²) in [6.45, 7) is 18.4. The summed E-state index contributed by atoms with van der Waals surface area (Å²) in [6.07, 6.45) is 0. The fraction of sp³-hybridized carbons (Fsp3) is 0.161. The van der Waals surface area contributed by atoms with Crippen molar-refractivity contribution >= 4 is 66.4 Å². The van der Waals surface area contributed by atoms with Gasteiger partial charge in [0.2, 0.25) is 0 Å². The Morgan fingerprint density at radius 3 is 1.08 bits per heavy atom. The third-order valence-corrected chi connectivity index (χ3v) is 13.4. The van der Waals surface area contributed by atoms with Gasteiger partial charge in [-0.2, -0.15) is 0 Å². The van der Waals surface area contributed by atoms with E-state index in [2.05, 4.69) is 247 Å². The number of benzene rings is 10. The van der Waals surface area contributed by atoms with E-state index in [1.54, 1.807) is 0 Å². The highest BCUT2D eigenvalue weighted by atomic mass is 15.2. The lowest BCUT2D eigenvalue weighted by atomic mass is 9.83. The molecule has 10 aromatic carbocycles. The molecule has 64 heavy (non-hydrogen) atoms. The van der Waals surface area contributed by atoms with Gasteiger partial charge in [0.1, 0.15) is 0 Å². The third kappa shape index (κ3) is 6.99. The molecular weight excluding hydrogens is 773 g/mol. The van der Waals surface area contributed by atoms with Crippen LogP contribution in [0.3, 0.4) is 0 Å². The summed E-state index contributed by atoms with van der Waals surface area (Å²) in [5.74, 6) is 0.575. The predicted octanol–water partition coefficient (Wildman–Crippen LogP) is 18.3. The average Bonchev–Trinajstić information content (AvgIpc) is 3.30. The van der Waals surface area contributed by atoms with Gasteiger partial charge in [-0.25, -0.2) is 0 Å². The molecule has 0 aliphatic carbocycles. The molecular formula is C62H56N2. The fourth-order valence-electron chi connectivity index (χ4n) is 10.3. The van der Waals surface area contributed by atoms with E-state index in [9.17, 15) is 0 Å². The molecule has 0 saturated heterocycles. The van der Waals surface area contributed by atoms with E-state index in [-0.39, 0.29) is 11.8 Å². The Hall–Kier alpha value is -7.16. The van der Waals surface area contributed by atoms with Crippen molar-refractivity contribution in [3.05, 3.63) is 215 Å². The van der Waals surface area contributed by atoms with Crippen molar-refractivity contribution in [1.82, 2.24) is 0 Å². The van der Waals surface area contributed by atoms with E-state index < -0.39 is 0 Å². The molecule has 0 N–H and O–H groups in total. The van der Waals surface area contributed by atoms with Gasteiger partial charge in [0.25, 0.3) is 0 Å². The van der Waals surface area contributed by atoms with Crippen molar-refractivity contribution in [2.75, 3.05) is 9.80 Å². The van der Waals surface area contributed by atoms with Crippen molar-refractivity contribution in [2.24, 2.45) is 0 Å². The van der Waals surface area contributed by atoms with Gasteiger partial charge in [0.05, 0.1) is 11.4 Å². The first-order valence-electron chi connectivity index (χ1n) is 22.9. The van der Waals surface area contributed by atoms with Gasteiger partial charge >= 0.3 is 0 Å². The van der Waals surface area contributed by atoms with Crippen LogP contribution >= 0.6 is 0 Å². The smallest absolute Gasteiger partial charge is 0.0543 e. The minimum absolute atomic E-state index is 0.288. The lowest BCUT2D eigenvalue weighted by molar-refractivity contribution is 0.875. The lowest BCUT2D eigenvalue weighted by Crippen LogP contribution is -2.14. The first kappa shape index (κ1) is 40.9. The number of rotatable bonds is 10. The van der Waals surface area contributed by atoms with Crippen molar-refractivity contribution in [2.45, 2.75) is 67.2 Å². The molecule has 10 aromatic rings. The molecule has 0 aliphatic heterocycles. The molecule has 2 heteroatoms. The van der Waals surface area contributed by atoms with Gasteiger partial charge in [-0.05, 0) is 165 Å². The van der Waals surface area contributed by atoms with Crippen molar-refractivity contribution in [3.63, 3.8) is 0 Å². The van der Waals surface area contributed by atoms with Crippen LogP contribution in [0.5, 0.6) is 0 Å². The van der Waals surface area contributed by atoms with Crippen LogP contribution in [0.4, 0.5) is 34.1 Å². The molecule has 0 fully saturated rings. The maximum Gasteiger partial charge on any atom is 0.0543 e. The predicted molar refractivity (Wildman–Crippen MR) is 278 cm³/mol. The Morgan fingerprint density at radius 1 is 0.328 bits per heavy atom. The topological polar surface area (TPSA) is 6.48 Å². The zero-order valence-corrected chi connectivity index (χ0v) is 38.4. The molecule has 0 radical (unpaired) electrons. The minimum atomic E-state index is 0.288. The zero-order chi connectivity index (χ0) is 44.2. The second-order valence-electron chi connectivity index (χ2n) is 18.3. The van der Waals surface area contributed by atoms with Crippen LogP contribution in [0.15, 0.2) is 182 Å². The van der Waals surface area contributed by atoms with E-state index >= 15 is 0 Å². The van der Waals surface area contributed by atoms with Crippen LogP contribution in [-0.4, -0.2) is 0 Å². The van der Waals surface area contributed by atoms with Crippen molar-refractivity contribution < 1.29 is 0 Å². The van der Waals surface area contributed by atoms with Gasteiger partial charge in [-0.15, -0.1) is 0 Å². The van der Waals surface area contributed by atoms with Gasteiger partial charge in [0.15, 0.2) is 0 Å². The van der Waals surface area contributed by atoms with E-state index in [0.717, 1.165) is 11.4 Å². The molecule has 314 valence electrons. The number of anilines is 6. The standard InChI is InChI=1S/C62H56N2/c1-39(2)55-37-59(63(47-25-15-19-41(5)35-47)57-29-17-27-49(43(57)7)45-21-11-9-12-22-45)53-34-32-52-56(40(3)4)38-60(54-33-31-51(55)61(53)62(52)54)64(48-26-16-20-42(6)36-48)58-30-18-28-50(44(58)8)46-23-13-10-14-24-46/h9-40H,1-8H3. The Kier molecular flexibility index (Phi) is 10.6. The SMILES string of the molecule is Cc1cccc(N(c2cccc(-c3ccccc3)c2C)c2cc(C(C)C)c3ccc4c(N(c5cccc(C)c5)c5cccc(-c6ccccc6)c5C)cc(C(C)C)c5ccc2c3c54)c1. The van der Waals surface area contributed by atoms with E-state index in [1.807, 2.05) is 0 Å². The summed E-state index contributed by atoms with van der Waals surface area (Å²) in [5, 5.41) is 7.80. The Bertz CT molecular complexity index is 3100. The Balaban J connectivity index is 1.32. The molecule has 0 heterocycles.